The highest BCUT2D eigenvalue weighted by Crippen LogP contribution is 2.18. The van der Waals surface area contributed by atoms with E-state index in [1.165, 1.54) is 0 Å². The Balaban J connectivity index is 2.48. The van der Waals surface area contributed by atoms with Gasteiger partial charge in [0.1, 0.15) is 4.99 Å². The molecule has 0 atom stereocenters. The van der Waals surface area contributed by atoms with Crippen LogP contribution in [0.1, 0.15) is 5.56 Å². The van der Waals surface area contributed by atoms with Crippen LogP contribution in [0.15, 0.2) is 41.2 Å². The first kappa shape index (κ1) is 11.8. The first-order chi connectivity index (χ1) is 8.08. The Labute approximate surface area is 108 Å². The zero-order valence-corrected chi connectivity index (χ0v) is 10.3. The minimum absolute atomic E-state index is 0.0916. The molecule has 0 aliphatic carbocycles. The lowest BCUT2D eigenvalue weighted by atomic mass is 10.1. The summed E-state index contributed by atoms with van der Waals surface area (Å²) in [5.74, 6) is 0. The molecule has 0 unspecified atom stereocenters. The summed E-state index contributed by atoms with van der Waals surface area (Å²) in [5, 5.41) is 0.649. The average Bonchev–Trinajstić information content (AvgIpc) is 2.29. The summed E-state index contributed by atoms with van der Waals surface area (Å²) < 4.78 is 0. The van der Waals surface area contributed by atoms with Gasteiger partial charge in [0.05, 0.1) is 5.56 Å². The van der Waals surface area contributed by atoms with Crippen molar-refractivity contribution < 1.29 is 0 Å². The van der Waals surface area contributed by atoms with E-state index in [4.69, 9.17) is 29.6 Å². The van der Waals surface area contributed by atoms with Gasteiger partial charge < -0.3 is 10.7 Å². The van der Waals surface area contributed by atoms with Gasteiger partial charge in [-0.2, -0.15) is 0 Å². The van der Waals surface area contributed by atoms with E-state index in [1.807, 2.05) is 12.1 Å². The fourth-order valence-corrected chi connectivity index (χ4v) is 1.75. The number of hydrogen-bond donors (Lipinski definition) is 2. The van der Waals surface area contributed by atoms with Crippen molar-refractivity contribution in [3.63, 3.8) is 0 Å². The molecule has 0 radical (unpaired) electrons. The van der Waals surface area contributed by atoms with Crippen molar-refractivity contribution in [3.05, 3.63) is 57.3 Å². The summed E-state index contributed by atoms with van der Waals surface area (Å²) in [4.78, 5) is 14.5. The van der Waals surface area contributed by atoms with Crippen LogP contribution in [-0.2, 0) is 0 Å². The second-order valence-corrected chi connectivity index (χ2v) is 4.36. The number of rotatable bonds is 2. The van der Waals surface area contributed by atoms with Gasteiger partial charge in [-0.1, -0.05) is 36.0 Å². The van der Waals surface area contributed by atoms with Crippen LogP contribution >= 0.6 is 23.8 Å². The smallest absolute Gasteiger partial charge is 0.258 e. The number of hydrogen-bond acceptors (Lipinski definition) is 2. The topological polar surface area (TPSA) is 58.9 Å². The quantitative estimate of drug-likeness (QED) is 0.819. The molecule has 0 fully saturated rings. The summed E-state index contributed by atoms with van der Waals surface area (Å²) in [6.45, 7) is 0. The Bertz CT molecular complexity index is 619. The summed E-state index contributed by atoms with van der Waals surface area (Å²) >= 11 is 10.6. The number of aromatic amines is 1. The van der Waals surface area contributed by atoms with Crippen molar-refractivity contribution in [1.29, 1.82) is 0 Å². The lowest BCUT2D eigenvalue weighted by Gasteiger charge is -2.03. The fraction of sp³-hybridized carbons (Fsp3) is 0. The molecule has 1 aromatic heterocycles. The number of halogens is 1. The van der Waals surface area contributed by atoms with E-state index in [-0.39, 0.29) is 10.5 Å². The van der Waals surface area contributed by atoms with Crippen molar-refractivity contribution in [2.45, 2.75) is 0 Å². The molecule has 0 saturated carbocycles. The van der Waals surface area contributed by atoms with Gasteiger partial charge in [-0.3, -0.25) is 4.79 Å². The Morgan fingerprint density at radius 1 is 1.18 bits per heavy atom. The van der Waals surface area contributed by atoms with Crippen molar-refractivity contribution in [2.75, 3.05) is 0 Å². The van der Waals surface area contributed by atoms with Crippen molar-refractivity contribution >= 4 is 28.8 Å². The highest BCUT2D eigenvalue weighted by atomic mass is 35.5. The largest absolute Gasteiger partial charge is 0.389 e. The van der Waals surface area contributed by atoms with E-state index in [0.717, 1.165) is 5.56 Å². The van der Waals surface area contributed by atoms with E-state index in [2.05, 4.69) is 4.98 Å². The first-order valence-corrected chi connectivity index (χ1v) is 5.65. The maximum absolute atomic E-state index is 11.7. The molecule has 1 aromatic carbocycles. The molecule has 2 aromatic rings. The third kappa shape index (κ3) is 2.54. The molecule has 86 valence electrons. The summed E-state index contributed by atoms with van der Waals surface area (Å²) in [7, 11) is 0. The molecule has 0 bridgehead atoms. The van der Waals surface area contributed by atoms with E-state index < -0.39 is 0 Å². The molecule has 0 aliphatic heterocycles. The van der Waals surface area contributed by atoms with Gasteiger partial charge in [0, 0.05) is 10.7 Å². The molecule has 3 N–H and O–H groups in total. The Kier molecular flexibility index (Phi) is 3.26. The van der Waals surface area contributed by atoms with E-state index in [1.54, 1.807) is 24.3 Å². The normalized spacial score (nSPS) is 10.2. The zero-order chi connectivity index (χ0) is 12.4. The van der Waals surface area contributed by atoms with Crippen LogP contribution in [0.3, 0.4) is 0 Å². The minimum Gasteiger partial charge on any atom is -0.389 e. The van der Waals surface area contributed by atoms with Crippen molar-refractivity contribution in [3.8, 4) is 11.3 Å². The SMILES string of the molecule is NC(=S)c1ccc(-c2ccc(Cl)cc2)[nH]c1=O. The average molecular weight is 265 g/mol. The van der Waals surface area contributed by atoms with Gasteiger partial charge in [-0.05, 0) is 29.8 Å². The molecule has 2 rings (SSSR count). The predicted octanol–water partition coefficient (Wildman–Crippen LogP) is 2.33. The predicted molar refractivity (Wildman–Crippen MR) is 73.4 cm³/mol. The van der Waals surface area contributed by atoms with Crippen molar-refractivity contribution in [2.24, 2.45) is 5.73 Å². The molecular formula is C12H9ClN2OS. The van der Waals surface area contributed by atoms with Crippen LogP contribution in [-0.4, -0.2) is 9.97 Å². The second-order valence-electron chi connectivity index (χ2n) is 3.49. The number of pyridine rings is 1. The van der Waals surface area contributed by atoms with Gasteiger partial charge in [0.25, 0.3) is 5.56 Å². The lowest BCUT2D eigenvalue weighted by Crippen LogP contribution is -2.22. The fourth-order valence-electron chi connectivity index (χ4n) is 1.47. The van der Waals surface area contributed by atoms with E-state index in [0.29, 0.717) is 16.3 Å². The lowest BCUT2D eigenvalue weighted by molar-refractivity contribution is 1.23. The Morgan fingerprint density at radius 2 is 1.82 bits per heavy atom. The number of nitrogens with two attached hydrogens (primary N) is 1. The third-order valence-corrected chi connectivity index (χ3v) is 2.80. The standard InChI is InChI=1S/C12H9ClN2OS/c13-8-3-1-7(2-4-8)10-6-5-9(11(14)17)12(16)15-10/h1-6H,(H2,14,17)(H,15,16). The molecule has 0 amide bonds. The van der Waals surface area contributed by atoms with Gasteiger partial charge in [0.15, 0.2) is 0 Å². The van der Waals surface area contributed by atoms with Crippen LogP contribution in [0.5, 0.6) is 0 Å². The van der Waals surface area contributed by atoms with Crippen LogP contribution in [0.2, 0.25) is 5.02 Å². The summed E-state index contributed by atoms with van der Waals surface area (Å²) in [6.07, 6.45) is 0. The minimum atomic E-state index is -0.287. The van der Waals surface area contributed by atoms with Gasteiger partial charge in [-0.25, -0.2) is 0 Å². The van der Waals surface area contributed by atoms with Crippen LogP contribution < -0.4 is 11.3 Å². The summed E-state index contributed by atoms with van der Waals surface area (Å²) in [6, 6.07) is 10.6. The highest BCUT2D eigenvalue weighted by molar-refractivity contribution is 7.80. The van der Waals surface area contributed by atoms with Crippen LogP contribution in [0, 0.1) is 0 Å². The van der Waals surface area contributed by atoms with E-state index >= 15 is 0 Å². The molecule has 1 heterocycles. The maximum Gasteiger partial charge on any atom is 0.258 e. The molecular weight excluding hydrogens is 256 g/mol. The Hall–Kier alpha value is -1.65. The first-order valence-electron chi connectivity index (χ1n) is 4.87. The monoisotopic (exact) mass is 264 g/mol. The molecule has 0 saturated heterocycles. The molecule has 5 heteroatoms. The number of aromatic nitrogens is 1. The maximum atomic E-state index is 11.7. The second kappa shape index (κ2) is 4.69. The van der Waals surface area contributed by atoms with Crippen LogP contribution in [0.25, 0.3) is 11.3 Å². The number of nitrogens with one attached hydrogen (secondary N) is 1. The van der Waals surface area contributed by atoms with E-state index in [9.17, 15) is 4.79 Å². The summed E-state index contributed by atoms with van der Waals surface area (Å²) in [5.41, 5.74) is 7.02. The number of H-pyrrole nitrogens is 1. The Morgan fingerprint density at radius 3 is 2.35 bits per heavy atom. The van der Waals surface area contributed by atoms with Gasteiger partial charge >= 0.3 is 0 Å². The van der Waals surface area contributed by atoms with Crippen LogP contribution in [0.4, 0.5) is 0 Å². The number of benzene rings is 1. The zero-order valence-electron chi connectivity index (χ0n) is 8.74. The third-order valence-electron chi connectivity index (χ3n) is 2.33. The molecule has 0 spiro atoms. The molecule has 0 aliphatic rings. The highest BCUT2D eigenvalue weighted by Gasteiger charge is 2.04. The molecule has 17 heavy (non-hydrogen) atoms. The van der Waals surface area contributed by atoms with Crippen molar-refractivity contribution in [1.82, 2.24) is 4.98 Å². The van der Waals surface area contributed by atoms with Gasteiger partial charge in [0.2, 0.25) is 0 Å². The molecule has 3 nitrogen and oxygen atoms in total. The van der Waals surface area contributed by atoms with Gasteiger partial charge in [-0.15, -0.1) is 0 Å². The number of thiocarbonyl (C=S) groups is 1.